The van der Waals surface area contributed by atoms with Crippen LogP contribution in [0.5, 0.6) is 0 Å². The maximum atomic E-state index is 4.32. The highest BCUT2D eigenvalue weighted by atomic mass is 15.0. The third-order valence-corrected chi connectivity index (χ3v) is 4.22. The number of pyridine rings is 1. The molecule has 0 fully saturated rings. The fourth-order valence-corrected chi connectivity index (χ4v) is 3.24. The van der Waals surface area contributed by atoms with Crippen molar-refractivity contribution in [2.75, 3.05) is 0 Å². The molecule has 0 aliphatic carbocycles. The molecule has 4 aromatic heterocycles. The van der Waals surface area contributed by atoms with Gasteiger partial charge in [0.25, 0.3) is 0 Å². The van der Waals surface area contributed by atoms with Gasteiger partial charge in [0.15, 0.2) is 0 Å². The van der Waals surface area contributed by atoms with E-state index in [4.69, 9.17) is 0 Å². The van der Waals surface area contributed by atoms with E-state index in [1.165, 1.54) is 16.4 Å². The number of benzene rings is 1. The highest BCUT2D eigenvalue weighted by molar-refractivity contribution is 6.23. The Morgan fingerprint density at radius 2 is 1.86 bits per heavy atom. The maximum absolute atomic E-state index is 4.32. The van der Waals surface area contributed by atoms with E-state index in [1.54, 1.807) is 6.33 Å². The van der Waals surface area contributed by atoms with Crippen molar-refractivity contribution in [1.29, 1.82) is 0 Å². The normalized spacial score (nSPS) is 12.0. The predicted octanol–water partition coefficient (Wildman–Crippen LogP) is 3.15. The van der Waals surface area contributed by atoms with E-state index in [1.807, 2.05) is 24.7 Å². The summed E-state index contributed by atoms with van der Waals surface area (Å²) in [5.74, 6) is 0. The first-order valence-electron chi connectivity index (χ1n) is 6.77. The van der Waals surface area contributed by atoms with Gasteiger partial charge in [0.05, 0.1) is 16.6 Å². The Morgan fingerprint density at radius 3 is 2.81 bits per heavy atom. The molecule has 1 N–H and O–H groups in total. The first-order chi connectivity index (χ1) is 10.3. The lowest BCUT2D eigenvalue weighted by atomic mass is 10.1. The van der Waals surface area contributed by atoms with Crippen LogP contribution in [-0.4, -0.2) is 24.5 Å². The molecular formula is C16H11N5. The third kappa shape index (κ3) is 1.23. The van der Waals surface area contributed by atoms with Crippen LogP contribution in [-0.2, 0) is 7.05 Å². The molecule has 0 saturated carbocycles. The van der Waals surface area contributed by atoms with Crippen LogP contribution in [0.2, 0.25) is 0 Å². The molecule has 0 aliphatic heterocycles. The van der Waals surface area contributed by atoms with Crippen molar-refractivity contribution in [2.45, 2.75) is 0 Å². The van der Waals surface area contributed by atoms with Crippen molar-refractivity contribution < 1.29 is 0 Å². The summed E-state index contributed by atoms with van der Waals surface area (Å²) in [4.78, 5) is 16.2. The standard InChI is InChI=1S/C16H11N5/c1-21-12-4-5-17-7-11(12)14-13(21)3-2-9-10-6-18-8-19-16(10)20-15(9)14/h2-8H,1H3,(H,18,19,20). The lowest BCUT2D eigenvalue weighted by Crippen LogP contribution is -1.85. The lowest BCUT2D eigenvalue weighted by Gasteiger charge is -1.97. The molecule has 5 rings (SSSR count). The van der Waals surface area contributed by atoms with Crippen molar-refractivity contribution in [1.82, 2.24) is 24.5 Å². The van der Waals surface area contributed by atoms with Gasteiger partial charge in [-0.15, -0.1) is 0 Å². The van der Waals surface area contributed by atoms with Crippen LogP contribution in [0.1, 0.15) is 0 Å². The highest BCUT2D eigenvalue weighted by Gasteiger charge is 2.14. The molecule has 5 aromatic rings. The Hall–Kier alpha value is -2.95. The van der Waals surface area contributed by atoms with Crippen molar-refractivity contribution in [3.63, 3.8) is 0 Å². The summed E-state index contributed by atoms with van der Waals surface area (Å²) in [6.07, 6.45) is 7.18. The van der Waals surface area contributed by atoms with Gasteiger partial charge < -0.3 is 9.55 Å². The average molecular weight is 273 g/mol. The smallest absolute Gasteiger partial charge is 0.141 e. The van der Waals surface area contributed by atoms with E-state index in [0.717, 1.165) is 27.3 Å². The minimum atomic E-state index is 0.869. The van der Waals surface area contributed by atoms with E-state index in [9.17, 15) is 0 Å². The molecule has 21 heavy (non-hydrogen) atoms. The van der Waals surface area contributed by atoms with Gasteiger partial charge in [-0.05, 0) is 18.2 Å². The molecule has 0 bridgehead atoms. The second-order valence-corrected chi connectivity index (χ2v) is 5.24. The van der Waals surface area contributed by atoms with Crippen LogP contribution in [0.25, 0.3) is 43.7 Å². The summed E-state index contributed by atoms with van der Waals surface area (Å²) in [6, 6.07) is 6.33. The van der Waals surface area contributed by atoms with Crippen molar-refractivity contribution in [3.8, 4) is 0 Å². The molecule has 0 radical (unpaired) electrons. The van der Waals surface area contributed by atoms with E-state index >= 15 is 0 Å². The second kappa shape index (κ2) is 3.58. The number of aromatic amines is 1. The second-order valence-electron chi connectivity index (χ2n) is 5.24. The average Bonchev–Trinajstić information content (AvgIpc) is 3.04. The third-order valence-electron chi connectivity index (χ3n) is 4.22. The lowest BCUT2D eigenvalue weighted by molar-refractivity contribution is 1.01. The molecule has 4 heterocycles. The summed E-state index contributed by atoms with van der Waals surface area (Å²) in [5, 5.41) is 4.54. The van der Waals surface area contributed by atoms with Crippen molar-refractivity contribution >= 4 is 43.7 Å². The van der Waals surface area contributed by atoms with Crippen LogP contribution in [0.15, 0.2) is 43.1 Å². The molecule has 5 nitrogen and oxygen atoms in total. The number of rotatable bonds is 0. The topological polar surface area (TPSA) is 59.4 Å². The number of nitrogens with zero attached hydrogens (tertiary/aromatic N) is 4. The quantitative estimate of drug-likeness (QED) is 0.471. The largest absolute Gasteiger partial charge is 0.343 e. The molecule has 0 amide bonds. The summed E-state index contributed by atoms with van der Waals surface area (Å²) in [7, 11) is 2.08. The maximum Gasteiger partial charge on any atom is 0.141 e. The molecule has 100 valence electrons. The number of H-pyrrole nitrogens is 1. The molecular weight excluding hydrogens is 262 g/mol. The van der Waals surface area contributed by atoms with E-state index in [2.05, 4.69) is 43.7 Å². The van der Waals surface area contributed by atoms with Crippen LogP contribution >= 0.6 is 0 Å². The predicted molar refractivity (Wildman–Crippen MR) is 83.2 cm³/mol. The molecule has 0 saturated heterocycles. The molecule has 1 aromatic carbocycles. The van der Waals surface area contributed by atoms with E-state index in [0.29, 0.717) is 0 Å². The molecule has 0 aliphatic rings. The zero-order valence-corrected chi connectivity index (χ0v) is 11.3. The number of fused-ring (bicyclic) bond motifs is 7. The van der Waals surface area contributed by atoms with Gasteiger partial charge in [-0.25, -0.2) is 9.97 Å². The van der Waals surface area contributed by atoms with E-state index < -0.39 is 0 Å². The van der Waals surface area contributed by atoms with Gasteiger partial charge in [0, 0.05) is 47.2 Å². The summed E-state index contributed by atoms with van der Waals surface area (Å²) < 4.78 is 2.20. The van der Waals surface area contributed by atoms with Crippen LogP contribution in [0, 0.1) is 0 Å². The summed E-state index contributed by atoms with van der Waals surface area (Å²) in [5.41, 5.74) is 4.33. The molecule has 0 unspecified atom stereocenters. The Morgan fingerprint density at radius 1 is 0.952 bits per heavy atom. The zero-order chi connectivity index (χ0) is 14.0. The number of aryl methyl sites for hydroxylation is 1. The van der Waals surface area contributed by atoms with Crippen molar-refractivity contribution in [2.24, 2.45) is 7.05 Å². The minimum absolute atomic E-state index is 0.869. The van der Waals surface area contributed by atoms with Crippen LogP contribution in [0.4, 0.5) is 0 Å². The van der Waals surface area contributed by atoms with Gasteiger partial charge in [-0.1, -0.05) is 0 Å². The van der Waals surface area contributed by atoms with Gasteiger partial charge in [-0.3, -0.25) is 4.98 Å². The van der Waals surface area contributed by atoms with Crippen molar-refractivity contribution in [3.05, 3.63) is 43.1 Å². The van der Waals surface area contributed by atoms with Gasteiger partial charge in [-0.2, -0.15) is 0 Å². The summed E-state index contributed by atoms with van der Waals surface area (Å²) >= 11 is 0. The summed E-state index contributed by atoms with van der Waals surface area (Å²) in [6.45, 7) is 0. The number of hydrogen-bond acceptors (Lipinski definition) is 3. The van der Waals surface area contributed by atoms with Crippen LogP contribution in [0.3, 0.4) is 0 Å². The number of nitrogens with one attached hydrogen (secondary N) is 1. The van der Waals surface area contributed by atoms with Gasteiger partial charge in [0.1, 0.15) is 12.0 Å². The Balaban J connectivity index is 2.16. The zero-order valence-electron chi connectivity index (χ0n) is 11.3. The van der Waals surface area contributed by atoms with Crippen LogP contribution < -0.4 is 0 Å². The Bertz CT molecular complexity index is 1150. The Labute approximate surface area is 119 Å². The first kappa shape index (κ1) is 10.8. The highest BCUT2D eigenvalue weighted by Crippen LogP contribution is 2.35. The fraction of sp³-hybridized carbons (Fsp3) is 0.0625. The van der Waals surface area contributed by atoms with E-state index in [-0.39, 0.29) is 0 Å². The van der Waals surface area contributed by atoms with Gasteiger partial charge >= 0.3 is 0 Å². The molecule has 0 atom stereocenters. The first-order valence-corrected chi connectivity index (χ1v) is 6.77. The van der Waals surface area contributed by atoms with Gasteiger partial charge in [0.2, 0.25) is 0 Å². The number of hydrogen-bond donors (Lipinski definition) is 1. The number of aromatic nitrogens is 5. The monoisotopic (exact) mass is 273 g/mol. The molecule has 5 heteroatoms. The Kier molecular flexibility index (Phi) is 1.84. The molecule has 0 spiro atoms. The SMILES string of the molecule is Cn1c2ccncc2c2c3[nH]c4ncncc4c3ccc21. The fourth-order valence-electron chi connectivity index (χ4n) is 3.24. The minimum Gasteiger partial charge on any atom is -0.343 e.